The van der Waals surface area contributed by atoms with Gasteiger partial charge >= 0.3 is 0 Å². The lowest BCUT2D eigenvalue weighted by Gasteiger charge is -2.23. The van der Waals surface area contributed by atoms with Gasteiger partial charge in [-0.2, -0.15) is 0 Å². The van der Waals surface area contributed by atoms with Gasteiger partial charge in [0.1, 0.15) is 0 Å². The maximum atomic E-state index is 6.07. The second-order valence-electron chi connectivity index (χ2n) is 6.06. The average molecular weight is 320 g/mol. The predicted molar refractivity (Wildman–Crippen MR) is 84.5 cm³/mol. The van der Waals surface area contributed by atoms with Crippen LogP contribution < -0.4 is 10.6 Å². The third kappa shape index (κ3) is 2.29. The highest BCUT2D eigenvalue weighted by atomic mass is 79.9. The Labute approximate surface area is 121 Å². The molecule has 100 valence electrons. The number of nitrogen functional groups attached to an aromatic ring is 1. The van der Waals surface area contributed by atoms with Crippen LogP contribution in [0.5, 0.6) is 0 Å². The minimum absolute atomic E-state index is 0.378. The van der Waals surface area contributed by atoms with Crippen LogP contribution in [-0.4, -0.2) is 18.1 Å². The fourth-order valence-corrected chi connectivity index (χ4v) is 3.11. The minimum Gasteiger partial charge on any atom is -0.398 e. The van der Waals surface area contributed by atoms with Gasteiger partial charge in [-0.25, -0.2) is 0 Å². The van der Waals surface area contributed by atoms with E-state index < -0.39 is 0 Å². The Morgan fingerprint density at radius 3 is 2.84 bits per heavy atom. The molecule has 3 nitrogen and oxygen atoms in total. The quantitative estimate of drug-likeness (QED) is 0.812. The Kier molecular flexibility index (Phi) is 2.93. The van der Waals surface area contributed by atoms with Gasteiger partial charge in [0.2, 0.25) is 0 Å². The predicted octanol–water partition coefficient (Wildman–Crippen LogP) is 3.82. The van der Waals surface area contributed by atoms with Crippen LogP contribution in [0.4, 0.5) is 11.4 Å². The first-order valence-electron chi connectivity index (χ1n) is 6.55. The molecule has 0 radical (unpaired) electrons. The van der Waals surface area contributed by atoms with Crippen molar-refractivity contribution in [2.45, 2.75) is 20.3 Å². The molecule has 1 fully saturated rings. The van der Waals surface area contributed by atoms with Gasteiger partial charge < -0.3 is 10.6 Å². The monoisotopic (exact) mass is 319 g/mol. The molecule has 19 heavy (non-hydrogen) atoms. The highest BCUT2D eigenvalue weighted by Crippen LogP contribution is 2.37. The molecule has 2 heterocycles. The van der Waals surface area contributed by atoms with E-state index in [9.17, 15) is 0 Å². The molecule has 0 bridgehead atoms. The number of halogens is 1. The van der Waals surface area contributed by atoms with E-state index in [1.54, 1.807) is 0 Å². The Morgan fingerprint density at radius 1 is 1.37 bits per heavy atom. The fourth-order valence-electron chi connectivity index (χ4n) is 2.77. The molecule has 4 heteroatoms. The van der Waals surface area contributed by atoms with Gasteiger partial charge in [0.25, 0.3) is 0 Å². The van der Waals surface area contributed by atoms with Crippen molar-refractivity contribution in [1.82, 2.24) is 4.98 Å². The summed E-state index contributed by atoms with van der Waals surface area (Å²) in [5.74, 6) is 0. The molecule has 0 saturated carbocycles. The van der Waals surface area contributed by atoms with Gasteiger partial charge in [-0.05, 0) is 46.0 Å². The summed E-state index contributed by atoms with van der Waals surface area (Å²) in [6.45, 7) is 6.79. The van der Waals surface area contributed by atoms with Gasteiger partial charge in [-0.1, -0.05) is 13.8 Å². The third-order valence-electron chi connectivity index (χ3n) is 3.85. The van der Waals surface area contributed by atoms with Crippen LogP contribution in [0, 0.1) is 5.41 Å². The third-order valence-corrected chi connectivity index (χ3v) is 4.28. The summed E-state index contributed by atoms with van der Waals surface area (Å²) in [6.07, 6.45) is 3.06. The van der Waals surface area contributed by atoms with E-state index in [1.807, 2.05) is 18.3 Å². The maximum Gasteiger partial charge on any atom is 0.0956 e. The normalized spacial score (nSPS) is 18.2. The van der Waals surface area contributed by atoms with Gasteiger partial charge in [0, 0.05) is 34.8 Å². The molecule has 1 aromatic heterocycles. The van der Waals surface area contributed by atoms with Crippen molar-refractivity contribution in [2.24, 2.45) is 5.41 Å². The van der Waals surface area contributed by atoms with E-state index in [-0.39, 0.29) is 0 Å². The van der Waals surface area contributed by atoms with Crippen molar-refractivity contribution >= 4 is 38.2 Å². The van der Waals surface area contributed by atoms with Crippen molar-refractivity contribution < 1.29 is 0 Å². The van der Waals surface area contributed by atoms with E-state index in [2.05, 4.69) is 45.7 Å². The molecule has 3 rings (SSSR count). The summed E-state index contributed by atoms with van der Waals surface area (Å²) in [5, 5.41) is 1.02. The Bertz CT molecular complexity index is 637. The molecular formula is C15H18BrN3. The highest BCUT2D eigenvalue weighted by molar-refractivity contribution is 9.10. The number of aromatic nitrogens is 1. The minimum atomic E-state index is 0.378. The number of hydrogen-bond donors (Lipinski definition) is 1. The van der Waals surface area contributed by atoms with Gasteiger partial charge in [-0.15, -0.1) is 0 Å². The van der Waals surface area contributed by atoms with E-state index in [0.717, 1.165) is 34.2 Å². The average Bonchev–Trinajstić information content (AvgIpc) is 2.71. The fraction of sp³-hybridized carbons (Fsp3) is 0.400. The zero-order valence-electron chi connectivity index (χ0n) is 11.3. The molecule has 1 aromatic carbocycles. The molecule has 2 N–H and O–H groups in total. The Balaban J connectivity index is 2.13. The lowest BCUT2D eigenvalue weighted by Crippen LogP contribution is -2.23. The molecule has 0 amide bonds. The molecule has 1 saturated heterocycles. The lowest BCUT2D eigenvalue weighted by atomic mass is 9.93. The first-order chi connectivity index (χ1) is 8.96. The van der Waals surface area contributed by atoms with E-state index in [0.29, 0.717) is 5.41 Å². The zero-order chi connectivity index (χ0) is 13.6. The number of hydrogen-bond acceptors (Lipinski definition) is 3. The Morgan fingerprint density at radius 2 is 2.16 bits per heavy atom. The summed E-state index contributed by atoms with van der Waals surface area (Å²) in [6, 6.07) is 6.12. The topological polar surface area (TPSA) is 42.1 Å². The summed E-state index contributed by atoms with van der Waals surface area (Å²) < 4.78 is 0.964. The highest BCUT2D eigenvalue weighted by Gasteiger charge is 2.30. The lowest BCUT2D eigenvalue weighted by molar-refractivity contribution is 0.418. The standard InChI is InChI=1S/C15H18BrN3/c1-15(2)5-6-19(9-15)13-4-3-12(17)11-7-10(16)8-18-14(11)13/h3-4,7-8H,5-6,9,17H2,1-2H3. The number of fused-ring (bicyclic) bond motifs is 1. The molecular weight excluding hydrogens is 302 g/mol. The zero-order valence-corrected chi connectivity index (χ0v) is 12.9. The summed E-state index contributed by atoms with van der Waals surface area (Å²) in [7, 11) is 0. The van der Waals surface area contributed by atoms with E-state index >= 15 is 0 Å². The maximum absolute atomic E-state index is 6.07. The van der Waals surface area contributed by atoms with Gasteiger partial charge in [0.15, 0.2) is 0 Å². The summed E-state index contributed by atoms with van der Waals surface area (Å²) in [5.41, 5.74) is 9.43. The number of nitrogens with zero attached hydrogens (tertiary/aromatic N) is 2. The van der Waals surface area contributed by atoms with Crippen LogP contribution in [0.15, 0.2) is 28.9 Å². The number of anilines is 2. The van der Waals surface area contributed by atoms with Crippen molar-refractivity contribution in [3.05, 3.63) is 28.9 Å². The van der Waals surface area contributed by atoms with Crippen LogP contribution in [0.1, 0.15) is 20.3 Å². The first kappa shape index (κ1) is 12.7. The number of pyridine rings is 1. The number of rotatable bonds is 1. The van der Waals surface area contributed by atoms with Crippen LogP contribution >= 0.6 is 15.9 Å². The van der Waals surface area contributed by atoms with Crippen molar-refractivity contribution in [2.75, 3.05) is 23.7 Å². The van der Waals surface area contributed by atoms with E-state index in [1.165, 1.54) is 12.1 Å². The van der Waals surface area contributed by atoms with Crippen LogP contribution in [0.2, 0.25) is 0 Å². The second-order valence-corrected chi connectivity index (χ2v) is 6.98. The van der Waals surface area contributed by atoms with Crippen molar-refractivity contribution in [1.29, 1.82) is 0 Å². The van der Waals surface area contributed by atoms with Crippen LogP contribution in [0.3, 0.4) is 0 Å². The van der Waals surface area contributed by atoms with E-state index in [4.69, 9.17) is 5.73 Å². The molecule has 2 aromatic rings. The second kappa shape index (κ2) is 4.37. The number of benzene rings is 1. The van der Waals surface area contributed by atoms with Crippen LogP contribution in [0.25, 0.3) is 10.9 Å². The molecule has 0 unspecified atom stereocenters. The molecule has 0 aliphatic carbocycles. The number of nitrogens with two attached hydrogens (primary N) is 1. The van der Waals surface area contributed by atoms with Crippen molar-refractivity contribution in [3.8, 4) is 0 Å². The summed E-state index contributed by atoms with van der Waals surface area (Å²) in [4.78, 5) is 6.98. The molecule has 1 aliphatic rings. The summed E-state index contributed by atoms with van der Waals surface area (Å²) >= 11 is 3.46. The largest absolute Gasteiger partial charge is 0.398 e. The molecule has 0 atom stereocenters. The van der Waals surface area contributed by atoms with Crippen molar-refractivity contribution in [3.63, 3.8) is 0 Å². The van der Waals surface area contributed by atoms with Gasteiger partial charge in [-0.3, -0.25) is 4.98 Å². The van der Waals surface area contributed by atoms with Crippen LogP contribution in [-0.2, 0) is 0 Å². The first-order valence-corrected chi connectivity index (χ1v) is 7.34. The van der Waals surface area contributed by atoms with Gasteiger partial charge in [0.05, 0.1) is 11.2 Å². The smallest absolute Gasteiger partial charge is 0.0956 e. The SMILES string of the molecule is CC1(C)CCN(c2ccc(N)c3cc(Br)cnc23)C1. The molecule has 1 aliphatic heterocycles. The Hall–Kier alpha value is -1.29. The molecule has 0 spiro atoms.